The molecule has 82 valence electrons. The fourth-order valence-corrected chi connectivity index (χ4v) is 1.47. The fraction of sp³-hybridized carbons (Fsp3) is 0.364. The molecular weight excluding hydrogens is 194 g/mol. The lowest BCUT2D eigenvalue weighted by Crippen LogP contribution is -2.13. The summed E-state index contributed by atoms with van der Waals surface area (Å²) in [5.41, 5.74) is 5.81. The largest absolute Gasteiger partial charge is 0.478 e. The Morgan fingerprint density at radius 3 is 2.60 bits per heavy atom. The van der Waals surface area contributed by atoms with E-state index < -0.39 is 5.97 Å². The number of benzene rings is 1. The van der Waals surface area contributed by atoms with Crippen molar-refractivity contribution in [3.05, 3.63) is 34.4 Å². The van der Waals surface area contributed by atoms with Crippen molar-refractivity contribution in [1.82, 2.24) is 5.48 Å². The van der Waals surface area contributed by atoms with Gasteiger partial charge in [0.1, 0.15) is 0 Å². The van der Waals surface area contributed by atoms with E-state index in [1.54, 1.807) is 13.0 Å². The number of aromatic carboxylic acids is 1. The third-order valence-corrected chi connectivity index (χ3v) is 2.32. The van der Waals surface area contributed by atoms with Gasteiger partial charge in [-0.25, -0.2) is 4.79 Å². The van der Waals surface area contributed by atoms with Crippen LogP contribution in [0.3, 0.4) is 0 Å². The molecule has 0 heterocycles. The quantitative estimate of drug-likeness (QED) is 0.740. The van der Waals surface area contributed by atoms with Crippen molar-refractivity contribution in [1.29, 1.82) is 0 Å². The Balaban J connectivity index is 3.06. The summed E-state index contributed by atoms with van der Waals surface area (Å²) in [6.07, 6.45) is 0. The molecule has 0 fully saturated rings. The molecule has 0 aromatic heterocycles. The van der Waals surface area contributed by atoms with E-state index in [1.165, 1.54) is 7.11 Å². The molecule has 1 rings (SSSR count). The SMILES string of the molecule is CONCc1cc(C(=O)O)c(C)cc1C. The van der Waals surface area contributed by atoms with Crippen molar-refractivity contribution < 1.29 is 14.7 Å². The average molecular weight is 209 g/mol. The summed E-state index contributed by atoms with van der Waals surface area (Å²) < 4.78 is 0. The highest BCUT2D eigenvalue weighted by molar-refractivity contribution is 5.89. The minimum Gasteiger partial charge on any atom is -0.478 e. The Morgan fingerprint density at radius 2 is 2.07 bits per heavy atom. The summed E-state index contributed by atoms with van der Waals surface area (Å²) in [5, 5.41) is 8.95. The van der Waals surface area contributed by atoms with Gasteiger partial charge < -0.3 is 9.94 Å². The van der Waals surface area contributed by atoms with Crippen LogP contribution in [-0.2, 0) is 11.4 Å². The molecule has 0 amide bonds. The molecule has 1 aromatic carbocycles. The van der Waals surface area contributed by atoms with Crippen molar-refractivity contribution in [2.24, 2.45) is 0 Å². The number of hydrogen-bond acceptors (Lipinski definition) is 3. The molecule has 0 saturated carbocycles. The minimum absolute atomic E-state index is 0.341. The average Bonchev–Trinajstić information content (AvgIpc) is 2.16. The van der Waals surface area contributed by atoms with E-state index in [0.717, 1.165) is 16.7 Å². The summed E-state index contributed by atoms with van der Waals surface area (Å²) in [7, 11) is 1.53. The second kappa shape index (κ2) is 4.91. The van der Waals surface area contributed by atoms with Crippen LogP contribution in [0.5, 0.6) is 0 Å². The molecule has 4 heteroatoms. The zero-order valence-electron chi connectivity index (χ0n) is 9.13. The second-order valence-electron chi connectivity index (χ2n) is 3.42. The molecule has 1 aromatic rings. The molecule has 0 aliphatic heterocycles. The van der Waals surface area contributed by atoms with Crippen molar-refractivity contribution >= 4 is 5.97 Å². The first-order valence-corrected chi connectivity index (χ1v) is 4.65. The number of carboxylic acid groups (broad SMARTS) is 1. The molecule has 0 aliphatic carbocycles. The van der Waals surface area contributed by atoms with Crippen LogP contribution in [-0.4, -0.2) is 18.2 Å². The van der Waals surface area contributed by atoms with E-state index in [9.17, 15) is 4.79 Å². The van der Waals surface area contributed by atoms with E-state index in [0.29, 0.717) is 12.1 Å². The lowest BCUT2D eigenvalue weighted by Gasteiger charge is -2.09. The van der Waals surface area contributed by atoms with Crippen molar-refractivity contribution in [3.63, 3.8) is 0 Å². The van der Waals surface area contributed by atoms with Gasteiger partial charge in [0.2, 0.25) is 0 Å². The number of carboxylic acids is 1. The third kappa shape index (κ3) is 2.78. The molecule has 0 spiro atoms. The van der Waals surface area contributed by atoms with Gasteiger partial charge in [0.05, 0.1) is 12.7 Å². The monoisotopic (exact) mass is 209 g/mol. The fourth-order valence-electron chi connectivity index (χ4n) is 1.47. The Kier molecular flexibility index (Phi) is 3.82. The molecule has 4 nitrogen and oxygen atoms in total. The van der Waals surface area contributed by atoms with Crippen LogP contribution in [0, 0.1) is 13.8 Å². The molecule has 0 saturated heterocycles. The number of rotatable bonds is 4. The maximum absolute atomic E-state index is 10.9. The number of aryl methyl sites for hydroxylation is 2. The summed E-state index contributed by atoms with van der Waals surface area (Å²) in [5.74, 6) is -0.897. The lowest BCUT2D eigenvalue weighted by molar-refractivity contribution is 0.0695. The third-order valence-electron chi connectivity index (χ3n) is 2.32. The van der Waals surface area contributed by atoms with E-state index in [4.69, 9.17) is 9.94 Å². The predicted molar refractivity (Wildman–Crippen MR) is 56.7 cm³/mol. The minimum atomic E-state index is -0.897. The molecular formula is C11H15NO3. The molecule has 15 heavy (non-hydrogen) atoms. The summed E-state index contributed by atoms with van der Waals surface area (Å²) in [6, 6.07) is 3.55. The van der Waals surface area contributed by atoms with Crippen LogP contribution in [0.25, 0.3) is 0 Å². The topological polar surface area (TPSA) is 58.6 Å². The van der Waals surface area contributed by atoms with E-state index in [2.05, 4.69) is 5.48 Å². The Bertz CT molecular complexity index is 374. The first-order valence-electron chi connectivity index (χ1n) is 4.65. The van der Waals surface area contributed by atoms with Crippen molar-refractivity contribution in [2.75, 3.05) is 7.11 Å². The molecule has 0 radical (unpaired) electrons. The second-order valence-corrected chi connectivity index (χ2v) is 3.42. The van der Waals surface area contributed by atoms with Gasteiger partial charge in [-0.2, -0.15) is 5.48 Å². The Hall–Kier alpha value is -1.39. The number of hydrogen-bond donors (Lipinski definition) is 2. The first-order chi connectivity index (χ1) is 7.06. The van der Waals surface area contributed by atoms with Crippen LogP contribution in [0.4, 0.5) is 0 Å². The standard InChI is InChI=1S/C11H15NO3/c1-7-4-8(2)10(11(13)14)5-9(7)6-12-15-3/h4-5,12H,6H2,1-3H3,(H,13,14). The van der Waals surface area contributed by atoms with E-state index >= 15 is 0 Å². The highest BCUT2D eigenvalue weighted by atomic mass is 16.6. The zero-order chi connectivity index (χ0) is 11.4. The molecule has 0 unspecified atom stereocenters. The zero-order valence-corrected chi connectivity index (χ0v) is 9.13. The Morgan fingerprint density at radius 1 is 1.40 bits per heavy atom. The van der Waals surface area contributed by atoms with Gasteiger partial charge in [-0.1, -0.05) is 6.07 Å². The van der Waals surface area contributed by atoms with Crippen LogP contribution in [0.2, 0.25) is 0 Å². The van der Waals surface area contributed by atoms with Crippen LogP contribution in [0.1, 0.15) is 27.0 Å². The lowest BCUT2D eigenvalue weighted by atomic mass is 10.00. The van der Waals surface area contributed by atoms with Crippen LogP contribution in [0.15, 0.2) is 12.1 Å². The normalized spacial score (nSPS) is 10.3. The Labute approximate surface area is 88.8 Å². The molecule has 0 atom stereocenters. The van der Waals surface area contributed by atoms with Gasteiger partial charge >= 0.3 is 5.97 Å². The summed E-state index contributed by atoms with van der Waals surface area (Å²) >= 11 is 0. The number of nitrogens with one attached hydrogen (secondary N) is 1. The highest BCUT2D eigenvalue weighted by Crippen LogP contribution is 2.16. The van der Waals surface area contributed by atoms with Crippen molar-refractivity contribution in [3.8, 4) is 0 Å². The maximum atomic E-state index is 10.9. The molecule has 2 N–H and O–H groups in total. The van der Waals surface area contributed by atoms with Gasteiger partial charge in [-0.3, -0.25) is 0 Å². The smallest absolute Gasteiger partial charge is 0.335 e. The van der Waals surface area contributed by atoms with Gasteiger partial charge in [-0.15, -0.1) is 0 Å². The van der Waals surface area contributed by atoms with Crippen LogP contribution < -0.4 is 5.48 Å². The van der Waals surface area contributed by atoms with Gasteiger partial charge in [0.25, 0.3) is 0 Å². The number of carbonyl (C=O) groups is 1. The predicted octanol–water partition coefficient (Wildman–Crippen LogP) is 1.65. The van der Waals surface area contributed by atoms with Gasteiger partial charge in [-0.05, 0) is 36.6 Å². The molecule has 0 aliphatic rings. The highest BCUT2D eigenvalue weighted by Gasteiger charge is 2.09. The van der Waals surface area contributed by atoms with E-state index in [-0.39, 0.29) is 0 Å². The van der Waals surface area contributed by atoms with Gasteiger partial charge in [0, 0.05) is 6.54 Å². The van der Waals surface area contributed by atoms with Gasteiger partial charge in [0.15, 0.2) is 0 Å². The van der Waals surface area contributed by atoms with E-state index in [1.807, 2.05) is 13.0 Å². The summed E-state index contributed by atoms with van der Waals surface area (Å²) in [6.45, 7) is 4.25. The van der Waals surface area contributed by atoms with Crippen LogP contribution >= 0.6 is 0 Å². The molecule has 0 bridgehead atoms. The van der Waals surface area contributed by atoms with Crippen molar-refractivity contribution in [2.45, 2.75) is 20.4 Å². The summed E-state index contributed by atoms with van der Waals surface area (Å²) in [4.78, 5) is 15.6. The first kappa shape index (κ1) is 11.7. The number of hydroxylamine groups is 1. The maximum Gasteiger partial charge on any atom is 0.335 e.